The summed E-state index contributed by atoms with van der Waals surface area (Å²) in [6.45, 7) is 0. The van der Waals surface area contributed by atoms with Crippen molar-refractivity contribution in [2.75, 3.05) is 5.75 Å². The number of fused-ring (bicyclic) bond motifs is 2. The van der Waals surface area contributed by atoms with Gasteiger partial charge in [0.2, 0.25) is 14.2 Å². The van der Waals surface area contributed by atoms with Gasteiger partial charge in [0, 0.05) is 42.1 Å². The van der Waals surface area contributed by atoms with Gasteiger partial charge in [0.15, 0.2) is 5.78 Å². The van der Waals surface area contributed by atoms with Crippen LogP contribution in [0.5, 0.6) is 0 Å². The first-order valence-electron chi connectivity index (χ1n) is 11.8. The highest BCUT2D eigenvalue weighted by Gasteiger charge is 2.34. The Morgan fingerprint density at radius 3 is 2.47 bits per heavy atom. The summed E-state index contributed by atoms with van der Waals surface area (Å²) in [6, 6.07) is 21.3. The van der Waals surface area contributed by atoms with Crippen molar-refractivity contribution in [2.45, 2.75) is 23.6 Å². The second-order valence-electron chi connectivity index (χ2n) is 9.16. The minimum Gasteiger partial charge on any atom is -0.358 e. The van der Waals surface area contributed by atoms with Crippen LogP contribution in [0.4, 0.5) is 0 Å². The molecule has 0 bridgehead atoms. The van der Waals surface area contributed by atoms with Gasteiger partial charge in [0.1, 0.15) is 0 Å². The fourth-order valence-corrected chi connectivity index (χ4v) is 7.95. The van der Waals surface area contributed by atoms with E-state index in [0.29, 0.717) is 23.9 Å². The molecule has 1 aliphatic carbocycles. The van der Waals surface area contributed by atoms with E-state index in [9.17, 15) is 13.2 Å². The van der Waals surface area contributed by atoms with Gasteiger partial charge in [0.25, 0.3) is 0 Å². The van der Waals surface area contributed by atoms with Gasteiger partial charge < -0.3 is 4.98 Å². The van der Waals surface area contributed by atoms with Crippen LogP contribution in [-0.4, -0.2) is 34.9 Å². The maximum atomic E-state index is 13.5. The van der Waals surface area contributed by atoms with Gasteiger partial charge in [-0.2, -0.15) is 0 Å². The smallest absolute Gasteiger partial charge is 0.210 e. The molecular formula is C28H23N3O3S2. The summed E-state index contributed by atoms with van der Waals surface area (Å²) in [7, 11) is -3.62. The minimum atomic E-state index is -3.62. The van der Waals surface area contributed by atoms with Gasteiger partial charge in [-0.25, -0.2) is 13.4 Å². The first kappa shape index (κ1) is 22.8. The molecule has 2 aromatic carbocycles. The highest BCUT2D eigenvalue weighted by Crippen LogP contribution is 2.37. The zero-order chi connectivity index (χ0) is 24.7. The molecule has 3 aromatic heterocycles. The van der Waals surface area contributed by atoms with Crippen molar-refractivity contribution in [3.63, 3.8) is 0 Å². The highest BCUT2D eigenvalue weighted by atomic mass is 32.2. The molecule has 1 atom stereocenters. The lowest BCUT2D eigenvalue weighted by Gasteiger charge is -2.21. The Morgan fingerprint density at radius 2 is 1.69 bits per heavy atom. The van der Waals surface area contributed by atoms with E-state index in [-0.39, 0.29) is 28.2 Å². The van der Waals surface area contributed by atoms with E-state index in [1.165, 1.54) is 11.3 Å². The molecule has 6 nitrogen and oxygen atoms in total. The number of carbonyl (C=O) groups excluding carboxylic acids is 1. The molecule has 0 radical (unpaired) electrons. The van der Waals surface area contributed by atoms with E-state index in [0.717, 1.165) is 32.8 Å². The van der Waals surface area contributed by atoms with E-state index in [2.05, 4.69) is 27.1 Å². The molecule has 5 aromatic rings. The second-order valence-corrected chi connectivity index (χ2v) is 12.4. The summed E-state index contributed by atoms with van der Waals surface area (Å²) in [4.78, 5) is 25.4. The van der Waals surface area contributed by atoms with Gasteiger partial charge >= 0.3 is 0 Å². The lowest BCUT2D eigenvalue weighted by Crippen LogP contribution is -2.26. The van der Waals surface area contributed by atoms with Crippen LogP contribution in [0.2, 0.25) is 0 Å². The molecule has 8 heteroatoms. The largest absolute Gasteiger partial charge is 0.358 e. The van der Waals surface area contributed by atoms with Crippen molar-refractivity contribution in [1.29, 1.82) is 0 Å². The van der Waals surface area contributed by atoms with E-state index < -0.39 is 9.84 Å². The van der Waals surface area contributed by atoms with E-state index >= 15 is 0 Å². The number of Topliss-reactive ketones (excluding diaryl/α,β-unsaturated/α-hetero) is 1. The Labute approximate surface area is 213 Å². The first-order valence-corrected chi connectivity index (χ1v) is 14.2. The number of thiazole rings is 1. The molecule has 180 valence electrons. The fraction of sp³-hybridized carbons (Fsp3) is 0.179. The Bertz CT molecular complexity index is 1640. The average molecular weight is 514 g/mol. The maximum absolute atomic E-state index is 13.5. The molecule has 0 spiro atoms. The van der Waals surface area contributed by atoms with Crippen LogP contribution < -0.4 is 0 Å². The quantitative estimate of drug-likeness (QED) is 0.324. The number of hydrogen-bond donors (Lipinski definition) is 1. The Hall–Kier alpha value is -3.62. The Balaban J connectivity index is 1.34. The number of benzene rings is 2. The van der Waals surface area contributed by atoms with Crippen molar-refractivity contribution in [3.05, 3.63) is 102 Å². The number of carbonyl (C=O) groups is 1. The van der Waals surface area contributed by atoms with Crippen molar-refractivity contribution in [2.24, 2.45) is 5.92 Å². The summed E-state index contributed by atoms with van der Waals surface area (Å²) in [5, 5.41) is 0. The molecule has 0 fully saturated rings. The van der Waals surface area contributed by atoms with E-state index in [4.69, 9.17) is 0 Å². The molecule has 36 heavy (non-hydrogen) atoms. The summed E-state index contributed by atoms with van der Waals surface area (Å²) < 4.78 is 27.4. The molecule has 3 heterocycles. The molecular weight excluding hydrogens is 490 g/mol. The predicted octanol–water partition coefficient (Wildman–Crippen LogP) is 5.50. The third kappa shape index (κ3) is 4.27. The van der Waals surface area contributed by atoms with Crippen molar-refractivity contribution >= 4 is 37.2 Å². The number of H-pyrrole nitrogens is 1. The SMILES string of the molecule is O=C1CC(CS(=O)(=O)c2nc3ccccc3s2)Cc2[nH]c(-c3ccncc3)c(Cc3ccccc3)c21. The lowest BCUT2D eigenvalue weighted by molar-refractivity contribution is 0.0953. The van der Waals surface area contributed by atoms with E-state index in [1.54, 1.807) is 12.4 Å². The number of nitrogens with one attached hydrogen (secondary N) is 1. The number of para-hydroxylation sites is 1. The van der Waals surface area contributed by atoms with Crippen molar-refractivity contribution in [1.82, 2.24) is 15.0 Å². The van der Waals surface area contributed by atoms with Gasteiger partial charge in [0.05, 0.1) is 21.7 Å². The van der Waals surface area contributed by atoms with Gasteiger partial charge in [-0.3, -0.25) is 9.78 Å². The normalized spacial score (nSPS) is 15.8. The second kappa shape index (κ2) is 9.11. The zero-order valence-electron chi connectivity index (χ0n) is 19.3. The lowest BCUT2D eigenvalue weighted by atomic mass is 9.84. The van der Waals surface area contributed by atoms with Crippen LogP contribution in [0.1, 0.15) is 33.6 Å². The number of hydrogen-bond acceptors (Lipinski definition) is 6. The number of nitrogens with zero attached hydrogens (tertiary/aromatic N) is 2. The first-order chi connectivity index (χ1) is 17.5. The number of ketones is 1. The fourth-order valence-electron chi connectivity index (χ4n) is 5.04. The van der Waals surface area contributed by atoms with Crippen LogP contribution in [0.3, 0.4) is 0 Å². The number of rotatable bonds is 6. The molecule has 6 rings (SSSR count). The third-order valence-corrected chi connectivity index (χ3v) is 9.99. The summed E-state index contributed by atoms with van der Waals surface area (Å²) >= 11 is 1.19. The molecule has 1 N–H and O–H groups in total. The van der Waals surface area contributed by atoms with Crippen LogP contribution in [0.15, 0.2) is 83.5 Å². The van der Waals surface area contributed by atoms with Crippen LogP contribution >= 0.6 is 11.3 Å². The van der Waals surface area contributed by atoms with Gasteiger partial charge in [-0.05, 0) is 47.7 Å². The third-order valence-electron chi connectivity index (χ3n) is 6.62. The van der Waals surface area contributed by atoms with Crippen molar-refractivity contribution < 1.29 is 13.2 Å². The van der Waals surface area contributed by atoms with Gasteiger partial charge in [-0.15, -0.1) is 11.3 Å². The van der Waals surface area contributed by atoms with Crippen molar-refractivity contribution in [3.8, 4) is 11.3 Å². The zero-order valence-corrected chi connectivity index (χ0v) is 21.0. The van der Waals surface area contributed by atoms with Crippen LogP contribution in [0.25, 0.3) is 21.5 Å². The molecule has 1 aliphatic rings. The van der Waals surface area contributed by atoms with E-state index in [1.807, 2.05) is 54.6 Å². The molecule has 1 unspecified atom stereocenters. The molecule has 0 amide bonds. The number of sulfone groups is 1. The topological polar surface area (TPSA) is 92.8 Å². The molecule has 0 aliphatic heterocycles. The predicted molar refractivity (Wildman–Crippen MR) is 141 cm³/mol. The summed E-state index contributed by atoms with van der Waals surface area (Å²) in [5.41, 5.74) is 6.13. The maximum Gasteiger partial charge on any atom is 0.210 e. The Morgan fingerprint density at radius 1 is 0.944 bits per heavy atom. The average Bonchev–Trinajstić information content (AvgIpc) is 3.48. The number of aromatic nitrogens is 3. The molecule has 0 saturated heterocycles. The summed E-state index contributed by atoms with van der Waals surface area (Å²) in [6.07, 6.45) is 4.78. The van der Waals surface area contributed by atoms with Crippen LogP contribution in [-0.2, 0) is 22.7 Å². The minimum absolute atomic E-state index is 0.0109. The van der Waals surface area contributed by atoms with Gasteiger partial charge in [-0.1, -0.05) is 42.5 Å². The summed E-state index contributed by atoms with van der Waals surface area (Å²) in [5.74, 6) is -0.422. The Kier molecular flexibility index (Phi) is 5.78. The van der Waals surface area contributed by atoms with Crippen LogP contribution in [0, 0.1) is 5.92 Å². The molecule has 0 saturated carbocycles. The monoisotopic (exact) mass is 513 g/mol. The standard InChI is InChI=1S/C28H23N3O3S2/c32-24-16-19(17-36(33,34)28-31-22-8-4-5-9-25(22)35-28)15-23-26(24)21(14-18-6-2-1-3-7-18)27(30-23)20-10-12-29-13-11-20/h1-13,19,30H,14-17H2. The number of pyridine rings is 1. The number of aromatic amines is 1. The highest BCUT2D eigenvalue weighted by molar-refractivity contribution is 7.93.